The van der Waals surface area contributed by atoms with Crippen LogP contribution in [0.3, 0.4) is 0 Å². The third kappa shape index (κ3) is 3.90. The summed E-state index contributed by atoms with van der Waals surface area (Å²) in [6.07, 6.45) is 1.57. The number of hydrogen-bond acceptors (Lipinski definition) is 3. The predicted octanol–water partition coefficient (Wildman–Crippen LogP) is 0.818. The average molecular weight is 205 g/mol. The molecule has 0 aliphatic carbocycles. The third-order valence-corrected chi connectivity index (χ3v) is 2.64. The number of likely N-dealkylation sites (N-methyl/N-ethyl adjacent to an activating group) is 1. The molecule has 0 saturated carbocycles. The molecule has 0 radical (unpaired) electrons. The van der Waals surface area contributed by atoms with E-state index in [1.165, 1.54) is 0 Å². The van der Waals surface area contributed by atoms with Gasteiger partial charge in [0.25, 0.3) is 0 Å². The zero-order valence-corrected chi connectivity index (χ0v) is 8.79. The molecule has 0 spiro atoms. The monoisotopic (exact) mass is 205 g/mol. The van der Waals surface area contributed by atoms with Crippen LogP contribution in [0.5, 0.6) is 0 Å². The first-order chi connectivity index (χ1) is 6.74. The zero-order valence-electron chi connectivity index (χ0n) is 8.79. The molecule has 1 aliphatic heterocycles. The summed E-state index contributed by atoms with van der Waals surface area (Å²) < 4.78 is 18.3. The number of unbranched alkanes of at least 4 members (excludes halogenated alkanes) is 1. The third-order valence-electron chi connectivity index (χ3n) is 2.64. The molecule has 0 aromatic rings. The number of likely N-dealkylation sites (tertiary alicyclic amines) is 1. The van der Waals surface area contributed by atoms with Gasteiger partial charge in [0.2, 0.25) is 0 Å². The van der Waals surface area contributed by atoms with E-state index >= 15 is 0 Å². The molecule has 3 nitrogen and oxygen atoms in total. The number of aliphatic hydroxyl groups is 1. The van der Waals surface area contributed by atoms with E-state index in [0.717, 1.165) is 12.8 Å². The van der Waals surface area contributed by atoms with Gasteiger partial charge in [-0.15, -0.1) is 0 Å². The lowest BCUT2D eigenvalue weighted by atomic mass is 10.2. The summed E-state index contributed by atoms with van der Waals surface area (Å²) in [5.74, 6) is 0. The molecule has 1 aliphatic rings. The van der Waals surface area contributed by atoms with Gasteiger partial charge in [-0.25, -0.2) is 4.39 Å². The van der Waals surface area contributed by atoms with Crippen LogP contribution in [-0.4, -0.2) is 55.6 Å². The molecule has 1 fully saturated rings. The van der Waals surface area contributed by atoms with Crippen molar-refractivity contribution >= 4 is 0 Å². The molecule has 4 heteroatoms. The summed E-state index contributed by atoms with van der Waals surface area (Å²) in [5, 5.41) is 8.54. The molecule has 1 heterocycles. The van der Waals surface area contributed by atoms with Crippen LogP contribution in [0.1, 0.15) is 19.3 Å². The summed E-state index contributed by atoms with van der Waals surface area (Å²) >= 11 is 0. The Morgan fingerprint density at radius 3 is 2.86 bits per heavy atom. The number of halogens is 1. The van der Waals surface area contributed by atoms with Crippen LogP contribution in [0.15, 0.2) is 0 Å². The SMILES string of the molecule is CN1C[C@@H](F)C[C@H]1COCCCCO. The van der Waals surface area contributed by atoms with Crippen LogP contribution in [0.2, 0.25) is 0 Å². The average Bonchev–Trinajstić information content (AvgIpc) is 2.45. The lowest BCUT2D eigenvalue weighted by molar-refractivity contribution is 0.0807. The smallest absolute Gasteiger partial charge is 0.114 e. The van der Waals surface area contributed by atoms with E-state index in [9.17, 15) is 4.39 Å². The summed E-state index contributed by atoms with van der Waals surface area (Å²) in [7, 11) is 1.93. The molecule has 0 aromatic carbocycles. The van der Waals surface area contributed by atoms with Crippen LogP contribution in [0.4, 0.5) is 4.39 Å². The van der Waals surface area contributed by atoms with Gasteiger partial charge < -0.3 is 9.84 Å². The van der Waals surface area contributed by atoms with Crippen molar-refractivity contribution in [3.05, 3.63) is 0 Å². The highest BCUT2D eigenvalue weighted by Crippen LogP contribution is 2.18. The molecule has 0 bridgehead atoms. The Hall–Kier alpha value is -0.190. The minimum absolute atomic E-state index is 0.221. The number of rotatable bonds is 6. The molecule has 0 aromatic heterocycles. The van der Waals surface area contributed by atoms with Gasteiger partial charge >= 0.3 is 0 Å². The van der Waals surface area contributed by atoms with Crippen molar-refractivity contribution in [3.63, 3.8) is 0 Å². The van der Waals surface area contributed by atoms with Gasteiger partial charge in [-0.2, -0.15) is 0 Å². The molecule has 1 saturated heterocycles. The molecule has 84 valence electrons. The van der Waals surface area contributed by atoms with E-state index in [2.05, 4.69) is 0 Å². The minimum atomic E-state index is -0.689. The van der Waals surface area contributed by atoms with Gasteiger partial charge in [-0.1, -0.05) is 0 Å². The fourth-order valence-corrected chi connectivity index (χ4v) is 1.74. The van der Waals surface area contributed by atoms with E-state index in [0.29, 0.717) is 26.2 Å². The van der Waals surface area contributed by atoms with E-state index in [-0.39, 0.29) is 12.6 Å². The van der Waals surface area contributed by atoms with Gasteiger partial charge in [-0.05, 0) is 26.3 Å². The van der Waals surface area contributed by atoms with E-state index < -0.39 is 6.17 Å². The number of hydrogen-bond donors (Lipinski definition) is 1. The van der Waals surface area contributed by atoms with Crippen molar-refractivity contribution in [2.45, 2.75) is 31.5 Å². The van der Waals surface area contributed by atoms with Crippen molar-refractivity contribution < 1.29 is 14.2 Å². The van der Waals surface area contributed by atoms with Crippen LogP contribution in [0, 0.1) is 0 Å². The minimum Gasteiger partial charge on any atom is -0.396 e. The highest BCUT2D eigenvalue weighted by Gasteiger charge is 2.28. The highest BCUT2D eigenvalue weighted by atomic mass is 19.1. The number of aliphatic hydroxyl groups excluding tert-OH is 1. The molecule has 1 rings (SSSR count). The van der Waals surface area contributed by atoms with Gasteiger partial charge in [0.05, 0.1) is 6.61 Å². The van der Waals surface area contributed by atoms with Crippen molar-refractivity contribution in [1.29, 1.82) is 0 Å². The molecule has 0 amide bonds. The van der Waals surface area contributed by atoms with Crippen molar-refractivity contribution in [3.8, 4) is 0 Å². The summed E-state index contributed by atoms with van der Waals surface area (Å²) in [4.78, 5) is 2.01. The first kappa shape index (κ1) is 11.9. The Labute approximate surface area is 84.9 Å². The summed E-state index contributed by atoms with van der Waals surface area (Å²) in [6.45, 7) is 2.04. The van der Waals surface area contributed by atoms with Crippen molar-refractivity contribution in [2.75, 3.05) is 33.4 Å². The van der Waals surface area contributed by atoms with Crippen LogP contribution in [-0.2, 0) is 4.74 Å². The maximum absolute atomic E-state index is 12.9. The molecule has 2 atom stereocenters. The zero-order chi connectivity index (χ0) is 10.4. The molecule has 0 unspecified atom stereocenters. The predicted molar refractivity (Wildman–Crippen MR) is 53.1 cm³/mol. The van der Waals surface area contributed by atoms with Crippen molar-refractivity contribution in [1.82, 2.24) is 4.90 Å². The van der Waals surface area contributed by atoms with E-state index in [4.69, 9.17) is 9.84 Å². The Morgan fingerprint density at radius 2 is 2.29 bits per heavy atom. The van der Waals surface area contributed by atoms with Gasteiger partial charge in [-0.3, -0.25) is 4.90 Å². The van der Waals surface area contributed by atoms with Crippen LogP contribution in [0.25, 0.3) is 0 Å². The Kier molecular flexibility index (Phi) is 5.37. The first-order valence-corrected chi connectivity index (χ1v) is 5.27. The van der Waals surface area contributed by atoms with Gasteiger partial charge in [0.1, 0.15) is 6.17 Å². The van der Waals surface area contributed by atoms with Crippen LogP contribution >= 0.6 is 0 Å². The second-order valence-corrected chi connectivity index (χ2v) is 3.93. The highest BCUT2D eigenvalue weighted by molar-refractivity contribution is 4.82. The standard InChI is InChI=1S/C10H20FNO2/c1-12-7-9(11)6-10(12)8-14-5-3-2-4-13/h9-10,13H,2-8H2,1H3/t9-,10-/m0/s1. The van der Waals surface area contributed by atoms with Crippen LogP contribution < -0.4 is 0 Å². The molecular formula is C10H20FNO2. The lowest BCUT2D eigenvalue weighted by Gasteiger charge is -2.18. The lowest BCUT2D eigenvalue weighted by Crippen LogP contribution is -2.29. The fourth-order valence-electron chi connectivity index (χ4n) is 1.74. The number of alkyl halides is 1. The first-order valence-electron chi connectivity index (χ1n) is 5.27. The van der Waals surface area contributed by atoms with E-state index in [1.807, 2.05) is 11.9 Å². The maximum Gasteiger partial charge on any atom is 0.114 e. The molecule has 14 heavy (non-hydrogen) atoms. The fraction of sp³-hybridized carbons (Fsp3) is 1.00. The molecule has 1 N–H and O–H groups in total. The van der Waals surface area contributed by atoms with E-state index in [1.54, 1.807) is 0 Å². The molecular weight excluding hydrogens is 185 g/mol. The normalized spacial score (nSPS) is 28.5. The second-order valence-electron chi connectivity index (χ2n) is 3.93. The second kappa shape index (κ2) is 6.32. The quantitative estimate of drug-likeness (QED) is 0.652. The maximum atomic E-state index is 12.9. The summed E-state index contributed by atoms with van der Waals surface area (Å²) in [5.41, 5.74) is 0. The van der Waals surface area contributed by atoms with Gasteiger partial charge in [0, 0.05) is 25.8 Å². The Morgan fingerprint density at radius 1 is 1.50 bits per heavy atom. The topological polar surface area (TPSA) is 32.7 Å². The van der Waals surface area contributed by atoms with Gasteiger partial charge in [0.15, 0.2) is 0 Å². The van der Waals surface area contributed by atoms with Crippen molar-refractivity contribution in [2.24, 2.45) is 0 Å². The number of nitrogens with zero attached hydrogens (tertiary/aromatic N) is 1. The number of ether oxygens (including phenoxy) is 1. The Balaban J connectivity index is 2.01. The summed E-state index contributed by atoms with van der Waals surface area (Å²) in [6, 6.07) is 0.235. The largest absolute Gasteiger partial charge is 0.396 e. The Bertz CT molecular complexity index is 157.